The van der Waals surface area contributed by atoms with Gasteiger partial charge in [0.1, 0.15) is 6.10 Å². The van der Waals surface area contributed by atoms with Gasteiger partial charge in [-0.3, -0.25) is 9.88 Å². The van der Waals surface area contributed by atoms with E-state index in [0.717, 1.165) is 55.9 Å². The van der Waals surface area contributed by atoms with Crippen LogP contribution >= 0.6 is 0 Å². The Balaban J connectivity index is 1.18. The van der Waals surface area contributed by atoms with E-state index in [4.69, 9.17) is 9.57 Å². The van der Waals surface area contributed by atoms with Crippen molar-refractivity contribution in [2.24, 2.45) is 5.16 Å². The molecule has 1 atom stereocenters. The number of pyridine rings is 1. The second kappa shape index (κ2) is 8.43. The Morgan fingerprint density at radius 2 is 1.85 bits per heavy atom. The highest BCUT2D eigenvalue weighted by Crippen LogP contribution is 2.20. The normalized spacial score (nSPS) is 21.4. The molecule has 1 aromatic heterocycles. The summed E-state index contributed by atoms with van der Waals surface area (Å²) in [5.74, 6) is 0. The first-order chi connectivity index (χ1) is 12.9. The topological polar surface area (TPSA) is 47.0 Å². The van der Waals surface area contributed by atoms with Crippen LogP contribution in [0.4, 0.5) is 0 Å². The number of hydrogen-bond donors (Lipinski definition) is 0. The molecule has 26 heavy (non-hydrogen) atoms. The smallest absolute Gasteiger partial charge is 0.145 e. The molecule has 5 nitrogen and oxygen atoms in total. The number of hydrogen-bond acceptors (Lipinski definition) is 5. The largest absolute Gasteiger partial charge is 0.390 e. The maximum absolute atomic E-state index is 6.02. The van der Waals surface area contributed by atoms with E-state index in [0.29, 0.717) is 12.7 Å². The third-order valence-electron chi connectivity index (χ3n) is 5.03. The van der Waals surface area contributed by atoms with Crippen molar-refractivity contribution >= 4 is 5.71 Å². The highest BCUT2D eigenvalue weighted by atomic mass is 16.6. The van der Waals surface area contributed by atoms with Crippen molar-refractivity contribution in [3.63, 3.8) is 0 Å². The SMILES string of the molecule is c1ccc(C2=NOC(CN3CCC(OCc4ccccn4)CC3)C2)cc1. The summed E-state index contributed by atoms with van der Waals surface area (Å²) in [4.78, 5) is 12.4. The predicted octanol–water partition coefficient (Wildman–Crippen LogP) is 3.26. The molecule has 1 fully saturated rings. The van der Waals surface area contributed by atoms with E-state index in [-0.39, 0.29) is 6.10 Å². The molecule has 4 rings (SSSR count). The molecule has 136 valence electrons. The Morgan fingerprint density at radius 1 is 1.04 bits per heavy atom. The van der Waals surface area contributed by atoms with Gasteiger partial charge in [0.15, 0.2) is 0 Å². The summed E-state index contributed by atoms with van der Waals surface area (Å²) < 4.78 is 6.02. The maximum atomic E-state index is 6.02. The van der Waals surface area contributed by atoms with Gasteiger partial charge in [0.2, 0.25) is 0 Å². The summed E-state index contributed by atoms with van der Waals surface area (Å²) in [6.45, 7) is 3.64. The van der Waals surface area contributed by atoms with Crippen LogP contribution in [0.25, 0.3) is 0 Å². The van der Waals surface area contributed by atoms with E-state index in [1.807, 2.05) is 42.6 Å². The zero-order valence-electron chi connectivity index (χ0n) is 15.0. The van der Waals surface area contributed by atoms with Crippen LogP contribution in [0.2, 0.25) is 0 Å². The summed E-state index contributed by atoms with van der Waals surface area (Å²) in [6.07, 6.45) is 5.32. The molecule has 1 saturated heterocycles. The lowest BCUT2D eigenvalue weighted by Gasteiger charge is -2.32. The fourth-order valence-electron chi connectivity index (χ4n) is 3.56. The molecular weight excluding hydrogens is 326 g/mol. The summed E-state index contributed by atoms with van der Waals surface area (Å²) in [6, 6.07) is 16.2. The van der Waals surface area contributed by atoms with Crippen molar-refractivity contribution in [2.75, 3.05) is 19.6 Å². The van der Waals surface area contributed by atoms with E-state index in [9.17, 15) is 0 Å². The maximum Gasteiger partial charge on any atom is 0.145 e. The molecule has 0 spiro atoms. The molecule has 0 aliphatic carbocycles. The lowest BCUT2D eigenvalue weighted by atomic mass is 10.0. The van der Waals surface area contributed by atoms with Gasteiger partial charge in [-0.2, -0.15) is 0 Å². The minimum Gasteiger partial charge on any atom is -0.390 e. The summed E-state index contributed by atoms with van der Waals surface area (Å²) in [7, 11) is 0. The first kappa shape index (κ1) is 17.2. The fourth-order valence-corrected chi connectivity index (χ4v) is 3.56. The Kier molecular flexibility index (Phi) is 5.57. The number of oxime groups is 1. The van der Waals surface area contributed by atoms with E-state index < -0.39 is 0 Å². The molecule has 5 heteroatoms. The average molecular weight is 351 g/mol. The number of ether oxygens (including phenoxy) is 1. The third-order valence-corrected chi connectivity index (χ3v) is 5.03. The van der Waals surface area contributed by atoms with E-state index in [1.54, 1.807) is 0 Å². The minimum absolute atomic E-state index is 0.163. The lowest BCUT2D eigenvalue weighted by molar-refractivity contribution is -0.0172. The van der Waals surface area contributed by atoms with Gasteiger partial charge in [0, 0.05) is 32.3 Å². The number of nitrogens with zero attached hydrogens (tertiary/aromatic N) is 3. The van der Waals surface area contributed by atoms with Crippen LogP contribution in [0.15, 0.2) is 59.9 Å². The highest BCUT2D eigenvalue weighted by molar-refractivity contribution is 6.01. The van der Waals surface area contributed by atoms with Gasteiger partial charge in [-0.15, -0.1) is 0 Å². The van der Waals surface area contributed by atoms with Crippen LogP contribution in [-0.4, -0.2) is 47.4 Å². The van der Waals surface area contributed by atoms with Crippen LogP contribution in [0.1, 0.15) is 30.5 Å². The summed E-state index contributed by atoms with van der Waals surface area (Å²) in [5, 5.41) is 4.29. The zero-order valence-corrected chi connectivity index (χ0v) is 15.0. The predicted molar refractivity (Wildman–Crippen MR) is 101 cm³/mol. The first-order valence-corrected chi connectivity index (χ1v) is 9.39. The first-order valence-electron chi connectivity index (χ1n) is 9.39. The molecule has 0 N–H and O–H groups in total. The Bertz CT molecular complexity index is 713. The fraction of sp³-hybridized carbons (Fsp3) is 0.429. The van der Waals surface area contributed by atoms with Crippen LogP contribution < -0.4 is 0 Å². The minimum atomic E-state index is 0.163. The van der Waals surface area contributed by atoms with Crippen LogP contribution in [0.5, 0.6) is 0 Å². The van der Waals surface area contributed by atoms with E-state index >= 15 is 0 Å². The molecule has 0 bridgehead atoms. The standard InChI is InChI=1S/C21H25N3O2/c1-2-6-17(7-3-1)21-14-20(26-23-21)15-24-12-9-19(10-13-24)25-16-18-8-4-5-11-22-18/h1-8,11,19-20H,9-10,12-16H2. The van der Waals surface area contributed by atoms with Crippen molar-refractivity contribution in [1.29, 1.82) is 0 Å². The molecule has 0 radical (unpaired) electrons. The summed E-state index contributed by atoms with van der Waals surface area (Å²) in [5.41, 5.74) is 3.22. The third kappa shape index (κ3) is 4.48. The van der Waals surface area contributed by atoms with Gasteiger partial charge in [-0.05, 0) is 30.5 Å². The molecule has 2 aliphatic rings. The second-order valence-electron chi connectivity index (χ2n) is 6.97. The van der Waals surface area contributed by atoms with Crippen molar-refractivity contribution < 1.29 is 9.57 Å². The molecule has 2 aliphatic heterocycles. The zero-order chi connectivity index (χ0) is 17.6. The number of aromatic nitrogens is 1. The molecule has 3 heterocycles. The molecule has 0 saturated carbocycles. The van der Waals surface area contributed by atoms with Crippen LogP contribution in [0.3, 0.4) is 0 Å². The number of likely N-dealkylation sites (tertiary alicyclic amines) is 1. The summed E-state index contributed by atoms with van der Waals surface area (Å²) >= 11 is 0. The van der Waals surface area contributed by atoms with Crippen molar-refractivity contribution in [2.45, 2.75) is 38.1 Å². The Morgan fingerprint density at radius 3 is 2.62 bits per heavy atom. The van der Waals surface area contributed by atoms with Gasteiger partial charge in [-0.1, -0.05) is 41.6 Å². The quantitative estimate of drug-likeness (QED) is 0.801. The van der Waals surface area contributed by atoms with Crippen molar-refractivity contribution in [1.82, 2.24) is 9.88 Å². The van der Waals surface area contributed by atoms with Crippen LogP contribution in [0, 0.1) is 0 Å². The van der Waals surface area contributed by atoms with Crippen LogP contribution in [-0.2, 0) is 16.2 Å². The number of benzene rings is 1. The van der Waals surface area contributed by atoms with Crippen molar-refractivity contribution in [3.8, 4) is 0 Å². The van der Waals surface area contributed by atoms with E-state index in [2.05, 4.69) is 27.2 Å². The number of rotatable bonds is 6. The Hall–Kier alpha value is -2.24. The molecule has 1 unspecified atom stereocenters. The highest BCUT2D eigenvalue weighted by Gasteiger charge is 2.27. The van der Waals surface area contributed by atoms with Gasteiger partial charge >= 0.3 is 0 Å². The second-order valence-corrected chi connectivity index (χ2v) is 6.97. The monoisotopic (exact) mass is 351 g/mol. The Labute approximate surface area is 154 Å². The molecule has 1 aromatic carbocycles. The molecule has 0 amide bonds. The molecule has 2 aromatic rings. The van der Waals surface area contributed by atoms with Gasteiger partial charge < -0.3 is 9.57 Å². The van der Waals surface area contributed by atoms with Crippen molar-refractivity contribution in [3.05, 3.63) is 66.0 Å². The molecular formula is C21H25N3O2. The van der Waals surface area contributed by atoms with Gasteiger partial charge in [0.05, 0.1) is 24.1 Å². The average Bonchev–Trinajstić information content (AvgIpc) is 3.17. The van der Waals surface area contributed by atoms with E-state index in [1.165, 1.54) is 0 Å². The lowest BCUT2D eigenvalue weighted by Crippen LogP contribution is -2.41. The van der Waals surface area contributed by atoms with Gasteiger partial charge in [-0.25, -0.2) is 0 Å². The van der Waals surface area contributed by atoms with Gasteiger partial charge in [0.25, 0.3) is 0 Å². The number of piperidine rings is 1.